The summed E-state index contributed by atoms with van der Waals surface area (Å²) in [6, 6.07) is 26.8. The molecule has 0 bridgehead atoms. The summed E-state index contributed by atoms with van der Waals surface area (Å²) in [4.78, 5) is 12.3. The predicted octanol–water partition coefficient (Wildman–Crippen LogP) is 4.81. The monoisotopic (exact) mass is 380 g/mol. The number of anilines is 2. The predicted molar refractivity (Wildman–Crippen MR) is 110 cm³/mol. The molecular weight excluding hydrogens is 364 g/mol. The SMILES string of the molecule is N#C/C(=C/Nc1ccc(C#N)cc1)C(=O)Nc1ccc(Oc2ccccc2)cc1. The van der Waals surface area contributed by atoms with Gasteiger partial charge in [-0.15, -0.1) is 0 Å². The Bertz CT molecular complexity index is 1090. The molecular formula is C23H16N4O2. The Morgan fingerprint density at radius 2 is 1.45 bits per heavy atom. The van der Waals surface area contributed by atoms with Gasteiger partial charge in [0, 0.05) is 17.6 Å². The van der Waals surface area contributed by atoms with Crippen LogP contribution >= 0.6 is 0 Å². The number of nitriles is 2. The maximum Gasteiger partial charge on any atom is 0.267 e. The Balaban J connectivity index is 1.61. The highest BCUT2D eigenvalue weighted by Crippen LogP contribution is 2.22. The lowest BCUT2D eigenvalue weighted by atomic mass is 10.2. The van der Waals surface area contributed by atoms with Gasteiger partial charge in [-0.05, 0) is 60.7 Å². The zero-order chi connectivity index (χ0) is 20.5. The second-order valence-electron chi connectivity index (χ2n) is 5.90. The minimum atomic E-state index is -0.537. The van der Waals surface area contributed by atoms with E-state index in [4.69, 9.17) is 10.00 Å². The van der Waals surface area contributed by atoms with Gasteiger partial charge in [0.1, 0.15) is 23.1 Å². The van der Waals surface area contributed by atoms with Crippen molar-refractivity contribution in [2.24, 2.45) is 0 Å². The Morgan fingerprint density at radius 3 is 2.07 bits per heavy atom. The lowest BCUT2D eigenvalue weighted by Crippen LogP contribution is -2.14. The first-order chi connectivity index (χ1) is 14.2. The van der Waals surface area contributed by atoms with Crippen LogP contribution in [0.4, 0.5) is 11.4 Å². The van der Waals surface area contributed by atoms with E-state index < -0.39 is 5.91 Å². The molecule has 0 unspecified atom stereocenters. The molecule has 3 rings (SSSR count). The fraction of sp³-hybridized carbons (Fsp3) is 0. The number of ether oxygens (including phenoxy) is 1. The number of para-hydroxylation sites is 1. The molecule has 0 radical (unpaired) electrons. The minimum Gasteiger partial charge on any atom is -0.457 e. The average molecular weight is 380 g/mol. The maximum absolute atomic E-state index is 12.3. The van der Waals surface area contributed by atoms with Crippen LogP contribution in [0.25, 0.3) is 0 Å². The van der Waals surface area contributed by atoms with E-state index in [-0.39, 0.29) is 5.57 Å². The van der Waals surface area contributed by atoms with Crippen molar-refractivity contribution in [2.45, 2.75) is 0 Å². The summed E-state index contributed by atoms with van der Waals surface area (Å²) in [5.74, 6) is 0.811. The topological polar surface area (TPSA) is 97.9 Å². The molecule has 6 nitrogen and oxygen atoms in total. The number of amides is 1. The van der Waals surface area contributed by atoms with Gasteiger partial charge in [0.15, 0.2) is 0 Å². The van der Waals surface area contributed by atoms with E-state index in [1.54, 1.807) is 48.5 Å². The molecule has 6 heteroatoms. The van der Waals surface area contributed by atoms with Crippen molar-refractivity contribution >= 4 is 17.3 Å². The van der Waals surface area contributed by atoms with Gasteiger partial charge < -0.3 is 15.4 Å². The van der Waals surface area contributed by atoms with Gasteiger partial charge in [0.05, 0.1) is 11.6 Å². The van der Waals surface area contributed by atoms with Crippen LogP contribution in [0.1, 0.15) is 5.56 Å². The molecule has 0 fully saturated rings. The quantitative estimate of drug-likeness (QED) is 0.472. The number of benzene rings is 3. The number of hydrogen-bond donors (Lipinski definition) is 2. The van der Waals surface area contributed by atoms with E-state index in [9.17, 15) is 10.1 Å². The number of nitrogens with zero attached hydrogens (tertiary/aromatic N) is 2. The Hall–Kier alpha value is -4.55. The summed E-state index contributed by atoms with van der Waals surface area (Å²) in [6.07, 6.45) is 1.32. The van der Waals surface area contributed by atoms with Gasteiger partial charge in [0.2, 0.25) is 0 Å². The van der Waals surface area contributed by atoms with E-state index >= 15 is 0 Å². The van der Waals surface area contributed by atoms with Crippen LogP contribution in [0.15, 0.2) is 90.6 Å². The third-order valence-electron chi connectivity index (χ3n) is 3.85. The van der Waals surface area contributed by atoms with E-state index in [1.165, 1.54) is 6.20 Å². The number of hydrogen-bond acceptors (Lipinski definition) is 5. The lowest BCUT2D eigenvalue weighted by Gasteiger charge is -2.08. The zero-order valence-electron chi connectivity index (χ0n) is 15.3. The Kier molecular flexibility index (Phi) is 6.23. The summed E-state index contributed by atoms with van der Waals surface area (Å²) >= 11 is 0. The first-order valence-corrected chi connectivity index (χ1v) is 8.69. The van der Waals surface area contributed by atoms with E-state index in [1.807, 2.05) is 42.5 Å². The van der Waals surface area contributed by atoms with Crippen molar-refractivity contribution in [1.29, 1.82) is 10.5 Å². The first kappa shape index (κ1) is 19.2. The molecule has 140 valence electrons. The second kappa shape index (κ2) is 9.40. The van der Waals surface area contributed by atoms with Gasteiger partial charge >= 0.3 is 0 Å². The fourth-order valence-corrected chi connectivity index (χ4v) is 2.37. The number of carbonyl (C=O) groups excluding carboxylic acids is 1. The maximum atomic E-state index is 12.3. The van der Waals surface area contributed by atoms with Crippen molar-refractivity contribution < 1.29 is 9.53 Å². The molecule has 3 aromatic carbocycles. The second-order valence-corrected chi connectivity index (χ2v) is 5.90. The van der Waals surface area contributed by atoms with Crippen molar-refractivity contribution in [3.05, 3.63) is 96.2 Å². The molecule has 0 atom stereocenters. The van der Waals surface area contributed by atoms with Gasteiger partial charge in [-0.2, -0.15) is 10.5 Å². The molecule has 0 saturated carbocycles. The molecule has 1 amide bonds. The summed E-state index contributed by atoms with van der Waals surface area (Å²) in [6.45, 7) is 0. The average Bonchev–Trinajstić information content (AvgIpc) is 2.77. The van der Waals surface area contributed by atoms with Crippen LogP contribution in [0.2, 0.25) is 0 Å². The van der Waals surface area contributed by atoms with Crippen molar-refractivity contribution in [3.8, 4) is 23.6 Å². The van der Waals surface area contributed by atoms with Crippen LogP contribution in [-0.2, 0) is 4.79 Å². The highest BCUT2D eigenvalue weighted by Gasteiger charge is 2.09. The van der Waals surface area contributed by atoms with Crippen LogP contribution in [0.3, 0.4) is 0 Å². The highest BCUT2D eigenvalue weighted by atomic mass is 16.5. The van der Waals surface area contributed by atoms with Crippen LogP contribution in [0.5, 0.6) is 11.5 Å². The minimum absolute atomic E-state index is 0.0843. The third-order valence-corrected chi connectivity index (χ3v) is 3.85. The molecule has 29 heavy (non-hydrogen) atoms. The molecule has 0 heterocycles. The third kappa shape index (κ3) is 5.46. The standard InChI is InChI=1S/C23H16N4O2/c24-14-17-6-8-19(9-7-17)26-16-18(15-25)23(28)27-20-10-12-22(13-11-20)29-21-4-2-1-3-5-21/h1-13,16,26H,(H,27,28)/b18-16-. The molecule has 0 aliphatic carbocycles. The zero-order valence-corrected chi connectivity index (χ0v) is 15.3. The van der Waals surface area contributed by atoms with E-state index in [2.05, 4.69) is 10.6 Å². The largest absolute Gasteiger partial charge is 0.457 e. The van der Waals surface area contributed by atoms with Crippen molar-refractivity contribution in [2.75, 3.05) is 10.6 Å². The molecule has 0 aliphatic rings. The Morgan fingerprint density at radius 1 is 0.828 bits per heavy atom. The Labute approximate surface area is 168 Å². The molecule has 0 aliphatic heterocycles. The van der Waals surface area contributed by atoms with Gasteiger partial charge in [0.25, 0.3) is 5.91 Å². The van der Waals surface area contributed by atoms with Crippen molar-refractivity contribution in [1.82, 2.24) is 0 Å². The number of nitrogens with one attached hydrogen (secondary N) is 2. The molecule has 3 aromatic rings. The molecule has 2 N–H and O–H groups in total. The van der Waals surface area contributed by atoms with Crippen LogP contribution in [0, 0.1) is 22.7 Å². The van der Waals surface area contributed by atoms with E-state index in [0.29, 0.717) is 28.4 Å². The van der Waals surface area contributed by atoms with Crippen LogP contribution in [-0.4, -0.2) is 5.91 Å². The van der Waals surface area contributed by atoms with Crippen molar-refractivity contribution in [3.63, 3.8) is 0 Å². The van der Waals surface area contributed by atoms with Gasteiger partial charge in [-0.25, -0.2) is 0 Å². The molecule has 0 spiro atoms. The fourth-order valence-electron chi connectivity index (χ4n) is 2.37. The molecule has 0 saturated heterocycles. The van der Waals surface area contributed by atoms with Gasteiger partial charge in [-0.3, -0.25) is 4.79 Å². The molecule has 0 aromatic heterocycles. The van der Waals surface area contributed by atoms with Crippen LogP contribution < -0.4 is 15.4 Å². The lowest BCUT2D eigenvalue weighted by molar-refractivity contribution is -0.112. The van der Waals surface area contributed by atoms with E-state index in [0.717, 1.165) is 0 Å². The summed E-state index contributed by atoms with van der Waals surface area (Å²) in [5, 5.41) is 23.6. The normalized spacial score (nSPS) is 10.3. The summed E-state index contributed by atoms with van der Waals surface area (Å²) in [5.41, 5.74) is 1.64. The summed E-state index contributed by atoms with van der Waals surface area (Å²) in [7, 11) is 0. The smallest absolute Gasteiger partial charge is 0.267 e. The highest BCUT2D eigenvalue weighted by molar-refractivity contribution is 6.06. The summed E-state index contributed by atoms with van der Waals surface area (Å²) < 4.78 is 5.70. The first-order valence-electron chi connectivity index (χ1n) is 8.69. The number of rotatable bonds is 6. The number of carbonyl (C=O) groups is 1. The van der Waals surface area contributed by atoms with Gasteiger partial charge in [-0.1, -0.05) is 18.2 Å².